The molecule has 43 heteroatoms. The van der Waals surface area contributed by atoms with E-state index in [1.807, 2.05) is 20.8 Å². The molecule has 7 aromatic carbocycles. The maximum Gasteiger partial charge on any atom is 0.523 e. The number of rotatable bonds is 28. The maximum atomic E-state index is 14.5. The number of fused-ring (bicyclic) bond motifs is 5. The average molecular weight is 1820 g/mol. The number of hydrogen-bond acceptors (Lipinski definition) is 32. The zero-order chi connectivity index (χ0) is 93.8. The van der Waals surface area contributed by atoms with E-state index in [2.05, 4.69) is 12.5 Å². The predicted molar refractivity (Wildman–Crippen MR) is 428 cm³/mol. The Morgan fingerprint density at radius 2 is 0.738 bits per heavy atom. The molecule has 3 N–H and O–H groups in total. The molecule has 12 aromatic rings. The lowest BCUT2D eigenvalue weighted by Crippen LogP contribution is -2.32. The van der Waals surface area contributed by atoms with Gasteiger partial charge < -0.3 is 56.4 Å². The number of aromatic hydroxyl groups is 1. The molecule has 5 aromatic heterocycles. The second-order valence-corrected chi connectivity index (χ2v) is 30.0. The van der Waals surface area contributed by atoms with Crippen LogP contribution in [0.3, 0.4) is 0 Å². The summed E-state index contributed by atoms with van der Waals surface area (Å²) in [6.45, 7) is 7.34. The lowest BCUT2D eigenvalue weighted by Gasteiger charge is -2.17. The van der Waals surface area contributed by atoms with Crippen molar-refractivity contribution in [3.8, 4) is 28.7 Å². The molecule has 0 saturated heterocycles. The van der Waals surface area contributed by atoms with Gasteiger partial charge in [0.2, 0.25) is 11.5 Å². The molecule has 0 aliphatic rings. The van der Waals surface area contributed by atoms with Crippen molar-refractivity contribution in [3.05, 3.63) is 261 Å². The number of benzene rings is 7. The van der Waals surface area contributed by atoms with E-state index in [9.17, 15) is 90.3 Å². The molecular formula is C83H74F6O34S3. The minimum atomic E-state index is -5.82. The van der Waals surface area contributed by atoms with Crippen molar-refractivity contribution >= 4 is 116 Å². The first-order valence-corrected chi connectivity index (χ1v) is 40.6. The average Bonchev–Trinajstić information content (AvgIpc) is 0.794. The minimum Gasteiger partial charge on any atom is -0.507 e. The van der Waals surface area contributed by atoms with Gasteiger partial charge in [0.1, 0.15) is 134 Å². The first-order valence-electron chi connectivity index (χ1n) is 36.4. The number of aromatic carboxylic acids is 2. The number of carboxylic acid groups (broad SMARTS) is 2. The standard InChI is InChI=1S/C24H19FO8.C22H15FO8.C12H15F3O6S2.C11H15FO3S.C11H10O3.3CO2/c1-2-14-9-15(26)22-17(5-3-7-19(22)32-14)30-11-13(25)12-31-18-6-4-8-20-23(18)16(27)10-21(33-20)24(28)29;23-12(10-29-16-4-1-3-15-20(16)13(24)7-8-28-15)11-30-17-5-2-6-18-21(17)14(25)9-19(31-18)22(26)27;1-3-10(21-23(18,19)12(13,14)15)8-20-22(16,17)11-6-4-9(2)5-7-11;1-3-10(12)8-15-16(13,14)11-6-4-9(2)5-7-11;1-2-7-6-9(13)11-8(12)4-3-5-10(11)14-7;3*2-1-3/h3-10,13H,2,11-12H2,1H3,(H,28,29);1-9,12H,10-11H2,(H,26,27);4-7,10H,3,8H2,1-2H3;4-7,10H,3,8H2,1-2H3;3-6,12H,2H2,1H3;;;/i25-1;23-1;;12-1;;;;. The molecule has 0 aliphatic carbocycles. The van der Waals surface area contributed by atoms with Crippen LogP contribution < -0.4 is 46.1 Å². The van der Waals surface area contributed by atoms with Gasteiger partial charge in [0.25, 0.3) is 20.2 Å². The van der Waals surface area contributed by atoms with E-state index < -0.39 is 134 Å². The maximum absolute atomic E-state index is 14.5. The van der Waals surface area contributed by atoms with Gasteiger partial charge in [0, 0.05) is 43.2 Å². The molecule has 5 heterocycles. The Morgan fingerprint density at radius 1 is 0.413 bits per heavy atom. The zero-order valence-corrected chi connectivity index (χ0v) is 69.1. The molecule has 0 amide bonds. The number of phenolic OH excluding ortho intramolecular Hbond substituents is 1. The van der Waals surface area contributed by atoms with Gasteiger partial charge in [0.15, 0.2) is 39.5 Å². The Labute approximate surface area is 708 Å². The van der Waals surface area contributed by atoms with Crippen molar-refractivity contribution in [2.75, 3.05) is 39.6 Å². The van der Waals surface area contributed by atoms with Crippen molar-refractivity contribution in [3.63, 3.8) is 0 Å². The van der Waals surface area contributed by atoms with Gasteiger partial charge >= 0.3 is 46.0 Å². The topological polar surface area (TPSA) is 515 Å². The summed E-state index contributed by atoms with van der Waals surface area (Å²) in [5, 5.41) is 28.2. The Morgan fingerprint density at radius 3 is 1.09 bits per heavy atom. The summed E-state index contributed by atoms with van der Waals surface area (Å²) >= 11 is 0. The first-order chi connectivity index (χ1) is 59.6. The zero-order valence-electron chi connectivity index (χ0n) is 66.6. The van der Waals surface area contributed by atoms with E-state index in [1.54, 1.807) is 68.4 Å². The second kappa shape index (κ2) is 48.7. The molecule has 0 spiro atoms. The van der Waals surface area contributed by atoms with Crippen LogP contribution in [0.15, 0.2) is 232 Å². The van der Waals surface area contributed by atoms with Crippen LogP contribution in [-0.4, -0.2) is 141 Å². The van der Waals surface area contributed by atoms with Crippen LogP contribution in [0.25, 0.3) is 54.8 Å². The van der Waals surface area contributed by atoms with Crippen LogP contribution >= 0.6 is 0 Å². The lowest BCUT2D eigenvalue weighted by atomic mass is 10.2. The van der Waals surface area contributed by atoms with E-state index in [4.69, 9.17) is 80.0 Å². The predicted octanol–water partition coefficient (Wildman–Crippen LogP) is 12.5. The molecule has 0 aliphatic heterocycles. The van der Waals surface area contributed by atoms with Crippen molar-refractivity contribution in [2.24, 2.45) is 0 Å². The van der Waals surface area contributed by atoms with Crippen LogP contribution in [0, 0.1) is 13.8 Å². The number of hydrogen-bond donors (Lipinski definition) is 3. The molecule has 34 nitrogen and oxygen atoms in total. The Hall–Kier alpha value is -14.0. The highest BCUT2D eigenvalue weighted by Crippen LogP contribution is 2.31. The van der Waals surface area contributed by atoms with E-state index in [1.165, 1.54) is 116 Å². The fourth-order valence-corrected chi connectivity index (χ4v) is 12.8. The second-order valence-electron chi connectivity index (χ2n) is 25.2. The number of carbonyl (C=O) groups excluding carboxylic acids is 6. The van der Waals surface area contributed by atoms with E-state index in [0.29, 0.717) is 41.1 Å². The molecular weight excluding hydrogens is 1750 g/mol. The Bertz CT molecular complexity index is 6500. The highest BCUT2D eigenvalue weighted by atomic mass is 32.2. The molecule has 126 heavy (non-hydrogen) atoms. The third-order valence-electron chi connectivity index (χ3n) is 16.3. The number of aryl methyl sites for hydroxylation is 4. The quantitative estimate of drug-likeness (QED) is 0.0233. The molecule has 0 saturated carbocycles. The van der Waals surface area contributed by atoms with E-state index >= 15 is 0 Å². The van der Waals surface area contributed by atoms with Crippen molar-refractivity contribution in [2.45, 2.75) is 107 Å². The fourth-order valence-electron chi connectivity index (χ4n) is 10.2. The normalized spacial score (nSPS) is 11.9. The van der Waals surface area contributed by atoms with Gasteiger partial charge in [-0.1, -0.05) is 93.4 Å². The van der Waals surface area contributed by atoms with Crippen molar-refractivity contribution in [1.82, 2.24) is 0 Å². The van der Waals surface area contributed by atoms with Crippen molar-refractivity contribution < 1.29 is 159 Å². The monoisotopic (exact) mass is 1820 g/mol. The largest absolute Gasteiger partial charge is 0.523 e. The molecule has 670 valence electrons. The Balaban J connectivity index is 0.000000281. The number of carboxylic acids is 2. The van der Waals surface area contributed by atoms with Gasteiger partial charge in [-0.2, -0.15) is 67.2 Å². The SMILES string of the molecule is CCC(COS(=O)(=O)c1ccc(C)cc1)OS(=O)(=O)C(F)(F)F.CCC([18F])COS(=O)(=O)c1ccc(C)cc1.CCc1cc(=O)c2c(O)cccc2o1.CCc1cc(=O)c2c(OCC([18F])COc3cccc4oc(C(=O)O)cc(=O)c34)cccc2o1.O=C(O)c1cc(=O)c2c(OCC([18F])COc3cccc4occc(=O)c34)cccc2o1.O=C=O.O=C=O.O=C=O. The van der Waals surface area contributed by atoms with Crippen LogP contribution in [0.1, 0.15) is 84.3 Å². The summed E-state index contributed by atoms with van der Waals surface area (Å²) < 4.78 is 209. The minimum absolute atomic E-state index is 0.00674. The lowest BCUT2D eigenvalue weighted by molar-refractivity contribution is -0.193. The third-order valence-corrected chi connectivity index (χ3v) is 20.0. The van der Waals surface area contributed by atoms with Gasteiger partial charge in [-0.3, -0.25) is 36.5 Å². The van der Waals surface area contributed by atoms with Crippen LogP contribution in [-0.2, 0) is 84.5 Å². The summed E-state index contributed by atoms with van der Waals surface area (Å²) in [5.41, 5.74) is -4.72. The summed E-state index contributed by atoms with van der Waals surface area (Å²) in [6, 6.07) is 40.6. The van der Waals surface area contributed by atoms with Crippen LogP contribution in [0.5, 0.6) is 28.7 Å². The number of ether oxygens (including phenoxy) is 4. The van der Waals surface area contributed by atoms with Crippen LogP contribution in [0.2, 0.25) is 0 Å². The summed E-state index contributed by atoms with van der Waals surface area (Å²) in [5.74, 6) is -2.15. The van der Waals surface area contributed by atoms with Gasteiger partial charge in [-0.25, -0.2) is 22.8 Å². The summed E-state index contributed by atoms with van der Waals surface area (Å²) in [7, 11) is -13.9. The fraction of sp³-hybridized carbons (Fsp3) is 0.253. The molecule has 0 fully saturated rings. The Kier molecular flexibility index (Phi) is 39.7. The summed E-state index contributed by atoms with van der Waals surface area (Å²) in [4.78, 5) is 131. The molecule has 4 atom stereocenters. The van der Waals surface area contributed by atoms with Gasteiger partial charge in [-0.15, -0.1) is 0 Å². The number of carbonyl (C=O) groups is 2. The van der Waals surface area contributed by atoms with Crippen molar-refractivity contribution in [1.29, 1.82) is 0 Å². The molecule has 12 rings (SSSR count). The molecule has 0 radical (unpaired) electrons. The number of phenols is 1. The number of halogens is 6. The van der Waals surface area contributed by atoms with E-state index in [-0.39, 0.29) is 124 Å². The highest BCUT2D eigenvalue weighted by molar-refractivity contribution is 7.87. The van der Waals surface area contributed by atoms with Gasteiger partial charge in [-0.05, 0) is 112 Å². The van der Waals surface area contributed by atoms with E-state index in [0.717, 1.165) is 23.3 Å². The smallest absolute Gasteiger partial charge is 0.507 e. The molecule has 0 bridgehead atoms. The third kappa shape index (κ3) is 30.2. The molecule has 4 unspecified atom stereocenters. The summed E-state index contributed by atoms with van der Waals surface area (Å²) in [6.07, 6.45) is -2.73. The van der Waals surface area contributed by atoms with Gasteiger partial charge in [0.05, 0.1) is 29.3 Å². The highest BCUT2D eigenvalue weighted by Gasteiger charge is 2.48. The number of alkyl halides is 6. The van der Waals surface area contributed by atoms with Crippen LogP contribution in [0.4, 0.5) is 26.3 Å². The first kappa shape index (κ1) is 103.